The van der Waals surface area contributed by atoms with Crippen LogP contribution in [0.2, 0.25) is 10.0 Å². The van der Waals surface area contributed by atoms with Crippen molar-refractivity contribution in [1.29, 1.82) is 0 Å². The van der Waals surface area contributed by atoms with Crippen molar-refractivity contribution in [1.82, 2.24) is 4.57 Å². The second-order valence-electron chi connectivity index (χ2n) is 4.80. The number of hydrogen-bond donors (Lipinski definition) is 1. The lowest BCUT2D eigenvalue weighted by molar-refractivity contribution is 0.100. The van der Waals surface area contributed by atoms with Gasteiger partial charge < -0.3 is 10.3 Å². The van der Waals surface area contributed by atoms with Crippen LogP contribution in [0.15, 0.2) is 48.7 Å². The van der Waals surface area contributed by atoms with Crippen LogP contribution in [0.1, 0.15) is 15.9 Å². The smallest absolute Gasteiger partial charge is 0.250 e. The van der Waals surface area contributed by atoms with Crippen LogP contribution in [0.5, 0.6) is 0 Å². The minimum Gasteiger partial charge on any atom is -0.366 e. The summed E-state index contributed by atoms with van der Waals surface area (Å²) >= 11 is 12.0. The van der Waals surface area contributed by atoms with E-state index in [9.17, 15) is 4.79 Å². The Labute approximate surface area is 131 Å². The minimum atomic E-state index is -0.431. The Morgan fingerprint density at radius 3 is 2.57 bits per heavy atom. The van der Waals surface area contributed by atoms with E-state index in [0.717, 1.165) is 16.5 Å². The summed E-state index contributed by atoms with van der Waals surface area (Å²) in [6.07, 6.45) is 1.77. The highest BCUT2D eigenvalue weighted by molar-refractivity contribution is 6.42. The van der Waals surface area contributed by atoms with Crippen LogP contribution in [-0.2, 0) is 6.54 Å². The maximum Gasteiger partial charge on any atom is 0.250 e. The second-order valence-corrected chi connectivity index (χ2v) is 5.61. The molecule has 0 radical (unpaired) electrons. The van der Waals surface area contributed by atoms with Crippen molar-refractivity contribution in [3.8, 4) is 0 Å². The van der Waals surface area contributed by atoms with Gasteiger partial charge in [-0.3, -0.25) is 4.79 Å². The molecule has 3 aromatic rings. The van der Waals surface area contributed by atoms with Gasteiger partial charge in [0.1, 0.15) is 0 Å². The van der Waals surface area contributed by atoms with Gasteiger partial charge in [-0.2, -0.15) is 0 Å². The number of aromatic nitrogens is 1. The molecule has 0 bridgehead atoms. The van der Waals surface area contributed by atoms with Crippen LogP contribution in [-0.4, -0.2) is 10.5 Å². The molecule has 2 aromatic carbocycles. The number of carbonyl (C=O) groups is 1. The van der Waals surface area contributed by atoms with Gasteiger partial charge in [-0.25, -0.2) is 0 Å². The number of amides is 1. The SMILES string of the molecule is NC(=O)c1cn(Cc2ccc(Cl)c(Cl)c2)c2ccccc12. The Bertz CT molecular complexity index is 839. The lowest BCUT2D eigenvalue weighted by Gasteiger charge is -2.06. The molecule has 0 unspecified atom stereocenters. The van der Waals surface area contributed by atoms with Crippen LogP contribution in [0.4, 0.5) is 0 Å². The quantitative estimate of drug-likeness (QED) is 0.776. The van der Waals surface area contributed by atoms with Crippen molar-refractivity contribution in [2.24, 2.45) is 5.73 Å². The zero-order valence-corrected chi connectivity index (χ0v) is 12.5. The fourth-order valence-electron chi connectivity index (χ4n) is 2.41. The fraction of sp³-hybridized carbons (Fsp3) is 0.0625. The predicted octanol–water partition coefficient (Wildman–Crippen LogP) is 4.10. The highest BCUT2D eigenvalue weighted by atomic mass is 35.5. The van der Waals surface area contributed by atoms with Crippen LogP contribution < -0.4 is 5.73 Å². The molecule has 5 heteroatoms. The Kier molecular flexibility index (Phi) is 3.62. The molecule has 0 fully saturated rings. The minimum absolute atomic E-state index is 0.431. The molecule has 0 spiro atoms. The highest BCUT2D eigenvalue weighted by Gasteiger charge is 2.12. The van der Waals surface area contributed by atoms with E-state index in [4.69, 9.17) is 28.9 Å². The topological polar surface area (TPSA) is 48.0 Å². The number of hydrogen-bond acceptors (Lipinski definition) is 1. The molecule has 0 saturated carbocycles. The van der Waals surface area contributed by atoms with Gasteiger partial charge in [0.05, 0.1) is 15.6 Å². The van der Waals surface area contributed by atoms with Crippen LogP contribution in [0.3, 0.4) is 0 Å². The Morgan fingerprint density at radius 2 is 1.86 bits per heavy atom. The molecule has 3 rings (SSSR count). The molecule has 1 aromatic heterocycles. The van der Waals surface area contributed by atoms with E-state index in [1.54, 1.807) is 12.3 Å². The average Bonchev–Trinajstić information content (AvgIpc) is 2.82. The number of fused-ring (bicyclic) bond motifs is 1. The molecule has 21 heavy (non-hydrogen) atoms. The lowest BCUT2D eigenvalue weighted by Crippen LogP contribution is -2.10. The summed E-state index contributed by atoms with van der Waals surface area (Å²) in [7, 11) is 0. The average molecular weight is 319 g/mol. The van der Waals surface area contributed by atoms with Crippen LogP contribution in [0.25, 0.3) is 10.9 Å². The molecular weight excluding hydrogens is 307 g/mol. The van der Waals surface area contributed by atoms with E-state index in [1.165, 1.54) is 0 Å². The Hall–Kier alpha value is -1.97. The number of halogens is 2. The van der Waals surface area contributed by atoms with E-state index in [0.29, 0.717) is 22.2 Å². The third kappa shape index (κ3) is 2.62. The number of rotatable bonds is 3. The first kappa shape index (κ1) is 14.0. The first-order valence-electron chi connectivity index (χ1n) is 6.38. The van der Waals surface area contributed by atoms with Gasteiger partial charge in [0.15, 0.2) is 0 Å². The molecule has 2 N–H and O–H groups in total. The van der Waals surface area contributed by atoms with E-state index in [2.05, 4.69) is 0 Å². The summed E-state index contributed by atoms with van der Waals surface area (Å²) in [6.45, 7) is 0.588. The maximum absolute atomic E-state index is 11.5. The van der Waals surface area contributed by atoms with Crippen LogP contribution in [0, 0.1) is 0 Å². The largest absolute Gasteiger partial charge is 0.366 e. The second kappa shape index (κ2) is 5.43. The van der Waals surface area contributed by atoms with Crippen molar-refractivity contribution in [3.05, 3.63) is 69.8 Å². The zero-order valence-electron chi connectivity index (χ0n) is 11.0. The molecule has 3 nitrogen and oxygen atoms in total. The lowest BCUT2D eigenvalue weighted by atomic mass is 10.2. The van der Waals surface area contributed by atoms with Crippen molar-refractivity contribution >= 4 is 40.0 Å². The Morgan fingerprint density at radius 1 is 1.10 bits per heavy atom. The summed E-state index contributed by atoms with van der Waals surface area (Å²) in [6, 6.07) is 13.2. The summed E-state index contributed by atoms with van der Waals surface area (Å²) in [4.78, 5) is 11.5. The van der Waals surface area contributed by atoms with Crippen molar-refractivity contribution in [2.45, 2.75) is 6.54 Å². The van der Waals surface area contributed by atoms with Crippen molar-refractivity contribution < 1.29 is 4.79 Å². The molecular formula is C16H12Cl2N2O. The summed E-state index contributed by atoms with van der Waals surface area (Å²) in [5.74, 6) is -0.431. The predicted molar refractivity (Wildman–Crippen MR) is 86.0 cm³/mol. The van der Waals surface area contributed by atoms with Gasteiger partial charge >= 0.3 is 0 Å². The monoisotopic (exact) mass is 318 g/mol. The fourth-order valence-corrected chi connectivity index (χ4v) is 2.73. The van der Waals surface area contributed by atoms with Gasteiger partial charge in [-0.15, -0.1) is 0 Å². The number of benzene rings is 2. The number of primary amides is 1. The number of carbonyl (C=O) groups excluding carboxylic acids is 1. The first-order valence-corrected chi connectivity index (χ1v) is 7.13. The van der Waals surface area contributed by atoms with E-state index in [1.807, 2.05) is 41.0 Å². The number of para-hydroxylation sites is 1. The maximum atomic E-state index is 11.5. The highest BCUT2D eigenvalue weighted by Crippen LogP contribution is 2.25. The summed E-state index contributed by atoms with van der Waals surface area (Å²) in [5, 5.41) is 1.89. The van der Waals surface area contributed by atoms with Crippen LogP contribution >= 0.6 is 23.2 Å². The first-order chi connectivity index (χ1) is 10.1. The van der Waals surface area contributed by atoms with Crippen molar-refractivity contribution in [3.63, 3.8) is 0 Å². The van der Waals surface area contributed by atoms with E-state index in [-0.39, 0.29) is 0 Å². The molecule has 1 heterocycles. The third-order valence-corrected chi connectivity index (χ3v) is 4.13. The molecule has 0 saturated heterocycles. The van der Waals surface area contributed by atoms with Gasteiger partial charge in [-0.05, 0) is 23.8 Å². The molecule has 1 amide bonds. The standard InChI is InChI=1S/C16H12Cl2N2O/c17-13-6-5-10(7-14(13)18)8-20-9-12(16(19)21)11-3-1-2-4-15(11)20/h1-7,9H,8H2,(H2,19,21). The Balaban J connectivity index is 2.08. The summed E-state index contributed by atoms with van der Waals surface area (Å²) in [5.41, 5.74) is 7.92. The van der Waals surface area contributed by atoms with E-state index >= 15 is 0 Å². The molecule has 106 valence electrons. The van der Waals surface area contributed by atoms with E-state index < -0.39 is 5.91 Å². The normalized spacial score (nSPS) is 11.0. The summed E-state index contributed by atoms with van der Waals surface area (Å²) < 4.78 is 1.98. The third-order valence-electron chi connectivity index (χ3n) is 3.39. The molecule has 0 aliphatic heterocycles. The molecule has 0 aliphatic rings. The van der Waals surface area contributed by atoms with Gasteiger partial charge in [0.25, 0.3) is 5.91 Å². The number of nitrogens with zero attached hydrogens (tertiary/aromatic N) is 1. The van der Waals surface area contributed by atoms with Crippen molar-refractivity contribution in [2.75, 3.05) is 0 Å². The molecule has 0 atom stereocenters. The molecule has 0 aliphatic carbocycles. The number of nitrogens with two attached hydrogens (primary N) is 1. The van der Waals surface area contributed by atoms with Gasteiger partial charge in [-0.1, -0.05) is 47.5 Å². The van der Waals surface area contributed by atoms with Gasteiger partial charge in [0.2, 0.25) is 0 Å². The zero-order chi connectivity index (χ0) is 15.0. The van der Waals surface area contributed by atoms with Gasteiger partial charge in [0, 0.05) is 23.6 Å².